The lowest BCUT2D eigenvalue weighted by molar-refractivity contribution is 0.199. The predicted octanol–water partition coefficient (Wildman–Crippen LogP) is 1.23. The van der Waals surface area contributed by atoms with Gasteiger partial charge in [-0.25, -0.2) is 0 Å². The van der Waals surface area contributed by atoms with Crippen LogP contribution in [0.5, 0.6) is 0 Å². The number of hydrogen-bond donors (Lipinski definition) is 2. The summed E-state index contributed by atoms with van der Waals surface area (Å²) in [5.41, 5.74) is 1.37. The van der Waals surface area contributed by atoms with Crippen molar-refractivity contribution in [2.24, 2.45) is 0 Å². The molecule has 2 N–H and O–H groups in total. The first kappa shape index (κ1) is 15.1. The predicted molar refractivity (Wildman–Crippen MR) is 74.8 cm³/mol. The monoisotopic (exact) mass is 251 g/mol. The Kier molecular flexibility index (Phi) is 9.34. The topological polar surface area (TPSA) is 46.2 Å². The van der Waals surface area contributed by atoms with Crippen LogP contribution < -0.4 is 10.6 Å². The van der Waals surface area contributed by atoms with Crippen LogP contribution in [-0.2, 0) is 11.2 Å². The molecule has 0 aliphatic heterocycles. The van der Waals surface area contributed by atoms with Crippen LogP contribution in [0.3, 0.4) is 0 Å². The number of ether oxygens (including phenoxy) is 1. The van der Waals surface area contributed by atoms with E-state index in [1.165, 1.54) is 18.4 Å². The van der Waals surface area contributed by atoms with Gasteiger partial charge in [0.2, 0.25) is 0 Å². The summed E-state index contributed by atoms with van der Waals surface area (Å²) < 4.78 is 4.96. The summed E-state index contributed by atoms with van der Waals surface area (Å²) >= 11 is 0. The van der Waals surface area contributed by atoms with Crippen LogP contribution in [0.4, 0.5) is 0 Å². The Hall–Kier alpha value is -0.970. The number of nitrogens with zero attached hydrogens (tertiary/aromatic N) is 1. The fraction of sp³-hybridized carbons (Fsp3) is 0.643. The number of aromatic nitrogens is 1. The molecule has 0 aliphatic carbocycles. The maximum absolute atomic E-state index is 4.96. The third-order valence-corrected chi connectivity index (χ3v) is 2.76. The number of rotatable bonds is 11. The minimum atomic E-state index is 0.791. The van der Waals surface area contributed by atoms with Gasteiger partial charge in [0, 0.05) is 26.0 Å². The molecule has 0 amide bonds. The van der Waals surface area contributed by atoms with Crippen molar-refractivity contribution in [1.29, 1.82) is 0 Å². The lowest BCUT2D eigenvalue weighted by Crippen LogP contribution is -2.25. The van der Waals surface area contributed by atoms with Crippen molar-refractivity contribution in [3.8, 4) is 0 Å². The van der Waals surface area contributed by atoms with Crippen molar-refractivity contribution in [3.05, 3.63) is 30.1 Å². The zero-order chi connectivity index (χ0) is 12.9. The van der Waals surface area contributed by atoms with Crippen LogP contribution in [0.15, 0.2) is 24.5 Å². The van der Waals surface area contributed by atoms with Gasteiger partial charge in [0.15, 0.2) is 0 Å². The minimum absolute atomic E-state index is 0.791. The first-order chi connectivity index (χ1) is 8.93. The summed E-state index contributed by atoms with van der Waals surface area (Å²) in [6.07, 6.45) is 7.19. The fourth-order valence-electron chi connectivity index (χ4n) is 1.73. The Morgan fingerprint density at radius 3 is 2.39 bits per heavy atom. The zero-order valence-electron chi connectivity index (χ0n) is 11.3. The molecule has 0 unspecified atom stereocenters. The average molecular weight is 251 g/mol. The minimum Gasteiger partial charge on any atom is -0.383 e. The van der Waals surface area contributed by atoms with E-state index in [0.717, 1.165) is 39.2 Å². The largest absolute Gasteiger partial charge is 0.383 e. The number of methoxy groups -OCH3 is 1. The summed E-state index contributed by atoms with van der Waals surface area (Å²) in [5.74, 6) is 0. The highest BCUT2D eigenvalue weighted by Gasteiger charge is 1.92. The molecule has 1 heterocycles. The molecule has 1 aromatic rings. The third-order valence-electron chi connectivity index (χ3n) is 2.76. The quantitative estimate of drug-likeness (QED) is 0.581. The van der Waals surface area contributed by atoms with E-state index in [-0.39, 0.29) is 0 Å². The average Bonchev–Trinajstić information content (AvgIpc) is 2.42. The van der Waals surface area contributed by atoms with Gasteiger partial charge in [0.1, 0.15) is 0 Å². The Bertz CT molecular complexity index is 280. The van der Waals surface area contributed by atoms with E-state index in [4.69, 9.17) is 4.74 Å². The molecule has 1 aromatic heterocycles. The maximum atomic E-state index is 4.96. The van der Waals surface area contributed by atoms with Crippen molar-refractivity contribution in [2.45, 2.75) is 19.3 Å². The Labute approximate surface area is 110 Å². The van der Waals surface area contributed by atoms with E-state index < -0.39 is 0 Å². The summed E-state index contributed by atoms with van der Waals surface area (Å²) in [4.78, 5) is 4.01. The normalized spacial score (nSPS) is 10.7. The van der Waals surface area contributed by atoms with E-state index >= 15 is 0 Å². The van der Waals surface area contributed by atoms with Gasteiger partial charge in [-0.3, -0.25) is 4.98 Å². The highest BCUT2D eigenvalue weighted by atomic mass is 16.5. The van der Waals surface area contributed by atoms with Crippen molar-refractivity contribution < 1.29 is 4.74 Å². The van der Waals surface area contributed by atoms with Crippen molar-refractivity contribution in [2.75, 3.05) is 39.9 Å². The Morgan fingerprint density at radius 1 is 1.00 bits per heavy atom. The molecule has 4 heteroatoms. The molecule has 0 saturated carbocycles. The highest BCUT2D eigenvalue weighted by Crippen LogP contribution is 1.99. The second-order valence-electron chi connectivity index (χ2n) is 4.31. The van der Waals surface area contributed by atoms with Crippen molar-refractivity contribution >= 4 is 0 Å². The molecular weight excluding hydrogens is 226 g/mol. The zero-order valence-corrected chi connectivity index (χ0v) is 11.3. The molecule has 0 atom stereocenters. The van der Waals surface area contributed by atoms with Gasteiger partial charge in [-0.15, -0.1) is 0 Å². The van der Waals surface area contributed by atoms with E-state index in [1.54, 1.807) is 7.11 Å². The van der Waals surface area contributed by atoms with Crippen LogP contribution in [-0.4, -0.2) is 44.9 Å². The van der Waals surface area contributed by atoms with Gasteiger partial charge in [-0.1, -0.05) is 0 Å². The standard InChI is InChI=1S/C14H25N3O/c1-18-13-12-16-9-3-8-15-7-2-4-14-5-10-17-11-6-14/h5-6,10-11,15-16H,2-4,7-9,12-13H2,1H3. The summed E-state index contributed by atoms with van der Waals surface area (Å²) in [5, 5.41) is 6.79. The van der Waals surface area contributed by atoms with Crippen molar-refractivity contribution in [1.82, 2.24) is 15.6 Å². The smallest absolute Gasteiger partial charge is 0.0587 e. The first-order valence-corrected chi connectivity index (χ1v) is 6.73. The van der Waals surface area contributed by atoms with Crippen LogP contribution >= 0.6 is 0 Å². The second-order valence-corrected chi connectivity index (χ2v) is 4.31. The van der Waals surface area contributed by atoms with E-state index in [1.807, 2.05) is 12.4 Å². The molecule has 0 bridgehead atoms. The number of hydrogen-bond acceptors (Lipinski definition) is 4. The van der Waals surface area contributed by atoms with E-state index in [2.05, 4.69) is 27.8 Å². The lowest BCUT2D eigenvalue weighted by atomic mass is 10.1. The third kappa shape index (κ3) is 8.17. The first-order valence-electron chi connectivity index (χ1n) is 6.73. The van der Waals surface area contributed by atoms with Crippen LogP contribution in [0.2, 0.25) is 0 Å². The molecule has 0 radical (unpaired) electrons. The van der Waals surface area contributed by atoms with Crippen LogP contribution in [0, 0.1) is 0 Å². The van der Waals surface area contributed by atoms with Gasteiger partial charge in [0.25, 0.3) is 0 Å². The maximum Gasteiger partial charge on any atom is 0.0587 e. The molecule has 18 heavy (non-hydrogen) atoms. The highest BCUT2D eigenvalue weighted by molar-refractivity contribution is 5.09. The summed E-state index contributed by atoms with van der Waals surface area (Å²) in [6, 6.07) is 4.17. The Balaban J connectivity index is 1.82. The molecule has 1 rings (SSSR count). The number of nitrogens with one attached hydrogen (secondary N) is 2. The molecule has 4 nitrogen and oxygen atoms in total. The van der Waals surface area contributed by atoms with Gasteiger partial charge in [-0.05, 0) is 56.6 Å². The molecule has 0 aliphatic rings. The van der Waals surface area contributed by atoms with Gasteiger partial charge < -0.3 is 15.4 Å². The van der Waals surface area contributed by atoms with Crippen molar-refractivity contribution in [3.63, 3.8) is 0 Å². The lowest BCUT2D eigenvalue weighted by Gasteiger charge is -2.06. The second kappa shape index (κ2) is 11.1. The number of pyridine rings is 1. The molecule has 0 saturated heterocycles. The fourth-order valence-corrected chi connectivity index (χ4v) is 1.73. The molecule has 102 valence electrons. The van der Waals surface area contributed by atoms with E-state index in [9.17, 15) is 0 Å². The molecular formula is C14H25N3O. The summed E-state index contributed by atoms with van der Waals surface area (Å²) in [6.45, 7) is 4.95. The molecule has 0 fully saturated rings. The number of aryl methyl sites for hydroxylation is 1. The Morgan fingerprint density at radius 2 is 1.67 bits per heavy atom. The SMILES string of the molecule is COCCNCCCNCCCc1ccncc1. The van der Waals surface area contributed by atoms with Crippen LogP contribution in [0.25, 0.3) is 0 Å². The molecule has 0 spiro atoms. The van der Waals surface area contributed by atoms with E-state index in [0.29, 0.717) is 0 Å². The molecule has 0 aromatic carbocycles. The van der Waals surface area contributed by atoms with Gasteiger partial charge in [0.05, 0.1) is 6.61 Å². The van der Waals surface area contributed by atoms with Gasteiger partial charge in [-0.2, -0.15) is 0 Å². The van der Waals surface area contributed by atoms with Gasteiger partial charge >= 0.3 is 0 Å². The van der Waals surface area contributed by atoms with Crippen LogP contribution in [0.1, 0.15) is 18.4 Å². The summed E-state index contributed by atoms with van der Waals surface area (Å²) in [7, 11) is 1.73.